The maximum Gasteiger partial charge on any atom is 0.328 e. The Hall–Kier alpha value is -2.88. The average molecular weight is 337 g/mol. The van der Waals surface area contributed by atoms with E-state index in [1.165, 1.54) is 7.11 Å². The molecule has 1 atom stereocenters. The Balaban J connectivity index is 2.05. The van der Waals surface area contributed by atoms with Crippen LogP contribution in [-0.4, -0.2) is 25.0 Å². The second kappa shape index (κ2) is 9.42. The molecule has 0 spiro atoms. The Labute approximate surface area is 148 Å². The molecule has 2 rings (SSSR count). The summed E-state index contributed by atoms with van der Waals surface area (Å²) in [6, 6.07) is 16.6. The molecule has 1 N–H and O–H groups in total. The number of hydrogen-bond acceptors (Lipinski definition) is 3. The number of rotatable bonds is 8. The van der Waals surface area contributed by atoms with Gasteiger partial charge < -0.3 is 10.1 Å². The van der Waals surface area contributed by atoms with Crippen LogP contribution in [0.1, 0.15) is 29.6 Å². The van der Waals surface area contributed by atoms with Gasteiger partial charge in [0.1, 0.15) is 6.04 Å². The number of carbonyl (C=O) groups is 2. The van der Waals surface area contributed by atoms with Crippen LogP contribution >= 0.6 is 0 Å². The lowest BCUT2D eigenvalue weighted by Gasteiger charge is -2.16. The van der Waals surface area contributed by atoms with Crippen LogP contribution < -0.4 is 5.32 Å². The van der Waals surface area contributed by atoms with E-state index in [4.69, 9.17) is 4.74 Å². The largest absolute Gasteiger partial charge is 0.467 e. The molecule has 0 bridgehead atoms. The van der Waals surface area contributed by atoms with Crippen LogP contribution in [0, 0.1) is 0 Å². The van der Waals surface area contributed by atoms with Crippen molar-refractivity contribution in [3.8, 4) is 11.1 Å². The van der Waals surface area contributed by atoms with Crippen LogP contribution in [0.15, 0.2) is 67.3 Å². The molecule has 2 aromatic rings. The summed E-state index contributed by atoms with van der Waals surface area (Å²) in [5.74, 6) is -0.716. The van der Waals surface area contributed by atoms with Gasteiger partial charge in [0.15, 0.2) is 0 Å². The second-order valence-corrected chi connectivity index (χ2v) is 5.71. The fourth-order valence-electron chi connectivity index (χ4n) is 2.54. The van der Waals surface area contributed by atoms with Gasteiger partial charge in [0.25, 0.3) is 5.91 Å². The molecule has 0 aromatic heterocycles. The number of ether oxygens (including phenoxy) is 1. The minimum absolute atomic E-state index is 0.284. The quantitative estimate of drug-likeness (QED) is 0.450. The molecule has 4 nitrogen and oxygen atoms in total. The van der Waals surface area contributed by atoms with Gasteiger partial charge in [-0.1, -0.05) is 48.5 Å². The highest BCUT2D eigenvalue weighted by atomic mass is 16.5. The minimum atomic E-state index is -0.647. The van der Waals surface area contributed by atoms with Crippen molar-refractivity contribution in [1.82, 2.24) is 5.32 Å². The lowest BCUT2D eigenvalue weighted by Crippen LogP contribution is -2.41. The van der Waals surface area contributed by atoms with Crippen molar-refractivity contribution >= 4 is 11.9 Å². The second-order valence-electron chi connectivity index (χ2n) is 5.71. The molecule has 0 aliphatic heterocycles. The number of allylic oxidation sites excluding steroid dienone is 1. The highest BCUT2D eigenvalue weighted by Gasteiger charge is 2.21. The van der Waals surface area contributed by atoms with E-state index >= 15 is 0 Å². The van der Waals surface area contributed by atoms with E-state index in [9.17, 15) is 9.59 Å². The van der Waals surface area contributed by atoms with Crippen molar-refractivity contribution in [1.29, 1.82) is 0 Å². The fourth-order valence-corrected chi connectivity index (χ4v) is 2.54. The first kappa shape index (κ1) is 18.5. The summed E-state index contributed by atoms with van der Waals surface area (Å²) in [6.45, 7) is 3.66. The molecule has 130 valence electrons. The van der Waals surface area contributed by atoms with Gasteiger partial charge in [-0.15, -0.1) is 6.58 Å². The highest BCUT2D eigenvalue weighted by Crippen LogP contribution is 2.19. The van der Waals surface area contributed by atoms with Crippen LogP contribution in [0.2, 0.25) is 0 Å². The number of esters is 1. The Morgan fingerprint density at radius 1 is 1.08 bits per heavy atom. The first-order valence-corrected chi connectivity index (χ1v) is 8.30. The predicted molar refractivity (Wildman–Crippen MR) is 99.2 cm³/mol. The van der Waals surface area contributed by atoms with Crippen molar-refractivity contribution in [2.24, 2.45) is 0 Å². The zero-order chi connectivity index (χ0) is 18.1. The molecule has 0 saturated carbocycles. The van der Waals surface area contributed by atoms with Crippen molar-refractivity contribution in [3.63, 3.8) is 0 Å². The maximum absolute atomic E-state index is 12.4. The average Bonchev–Trinajstić information content (AvgIpc) is 2.67. The number of hydrogen-bond donors (Lipinski definition) is 1. The molecule has 0 saturated heterocycles. The van der Waals surface area contributed by atoms with E-state index in [1.807, 2.05) is 42.5 Å². The summed E-state index contributed by atoms with van der Waals surface area (Å²) < 4.78 is 4.78. The van der Waals surface area contributed by atoms with Crippen molar-refractivity contribution in [3.05, 3.63) is 72.8 Å². The summed E-state index contributed by atoms with van der Waals surface area (Å²) >= 11 is 0. The van der Waals surface area contributed by atoms with E-state index in [2.05, 4.69) is 11.9 Å². The zero-order valence-electron chi connectivity index (χ0n) is 14.4. The molecular weight excluding hydrogens is 314 g/mol. The minimum Gasteiger partial charge on any atom is -0.467 e. The lowest BCUT2D eigenvalue weighted by atomic mass is 10.0. The number of nitrogens with one attached hydrogen (secondary N) is 1. The molecule has 1 amide bonds. The Morgan fingerprint density at radius 3 is 2.32 bits per heavy atom. The molecule has 0 fully saturated rings. The molecule has 0 heterocycles. The summed E-state index contributed by atoms with van der Waals surface area (Å²) in [4.78, 5) is 24.3. The molecule has 2 aromatic carbocycles. The number of carbonyl (C=O) groups excluding carboxylic acids is 2. The first-order valence-electron chi connectivity index (χ1n) is 8.30. The third-order valence-electron chi connectivity index (χ3n) is 3.95. The maximum atomic E-state index is 12.4. The summed E-state index contributed by atoms with van der Waals surface area (Å²) in [5.41, 5.74) is 2.64. The van der Waals surface area contributed by atoms with E-state index in [1.54, 1.807) is 18.2 Å². The normalized spacial score (nSPS) is 11.4. The van der Waals surface area contributed by atoms with Crippen LogP contribution in [0.5, 0.6) is 0 Å². The van der Waals surface area contributed by atoms with E-state index < -0.39 is 12.0 Å². The van der Waals surface area contributed by atoms with Crippen LogP contribution in [0.4, 0.5) is 0 Å². The van der Waals surface area contributed by atoms with Gasteiger partial charge in [-0.05, 0) is 42.5 Å². The van der Waals surface area contributed by atoms with Crippen LogP contribution in [0.25, 0.3) is 11.1 Å². The number of methoxy groups -OCH3 is 1. The molecule has 0 unspecified atom stereocenters. The van der Waals surface area contributed by atoms with Gasteiger partial charge in [-0.2, -0.15) is 0 Å². The third kappa shape index (κ3) is 5.31. The number of unbranched alkanes of at least 4 members (excludes halogenated alkanes) is 1. The third-order valence-corrected chi connectivity index (χ3v) is 3.95. The number of benzene rings is 2. The van der Waals surface area contributed by atoms with Gasteiger partial charge in [0, 0.05) is 5.56 Å². The molecule has 0 aliphatic carbocycles. The summed E-state index contributed by atoms with van der Waals surface area (Å²) in [7, 11) is 1.32. The van der Waals surface area contributed by atoms with Crippen LogP contribution in [-0.2, 0) is 9.53 Å². The van der Waals surface area contributed by atoms with E-state index in [0.717, 1.165) is 24.0 Å². The topological polar surface area (TPSA) is 55.4 Å². The zero-order valence-corrected chi connectivity index (χ0v) is 14.4. The van der Waals surface area contributed by atoms with E-state index in [0.29, 0.717) is 12.0 Å². The first-order chi connectivity index (χ1) is 12.2. The molecule has 4 heteroatoms. The molecule has 0 radical (unpaired) electrons. The number of amides is 1. The molecule has 0 aliphatic rings. The summed E-state index contributed by atoms with van der Waals surface area (Å²) in [5, 5.41) is 2.75. The van der Waals surface area contributed by atoms with Gasteiger partial charge in [-0.3, -0.25) is 4.79 Å². The van der Waals surface area contributed by atoms with Crippen LogP contribution in [0.3, 0.4) is 0 Å². The van der Waals surface area contributed by atoms with Gasteiger partial charge in [0.05, 0.1) is 7.11 Å². The molecular formula is C21H23NO3. The van der Waals surface area contributed by atoms with E-state index in [-0.39, 0.29) is 5.91 Å². The summed E-state index contributed by atoms with van der Waals surface area (Å²) in [6.07, 6.45) is 3.86. The Morgan fingerprint density at radius 2 is 1.72 bits per heavy atom. The lowest BCUT2D eigenvalue weighted by molar-refractivity contribution is -0.143. The van der Waals surface area contributed by atoms with Gasteiger partial charge >= 0.3 is 5.97 Å². The smallest absolute Gasteiger partial charge is 0.328 e. The van der Waals surface area contributed by atoms with Crippen molar-refractivity contribution in [2.45, 2.75) is 25.3 Å². The molecule has 25 heavy (non-hydrogen) atoms. The fraction of sp³-hybridized carbons (Fsp3) is 0.238. The standard InChI is InChI=1S/C21H23NO3/c1-3-4-6-11-19(21(24)25-2)22-20(23)18-14-12-17(13-15-18)16-9-7-5-8-10-16/h3,5,7-10,12-15,19H,1,4,6,11H2,2H3,(H,22,23)/t19-/m1/s1. The van der Waals surface area contributed by atoms with Gasteiger partial charge in [0.2, 0.25) is 0 Å². The SMILES string of the molecule is C=CCCC[C@@H](NC(=O)c1ccc(-c2ccccc2)cc1)C(=O)OC. The van der Waals surface area contributed by atoms with Gasteiger partial charge in [-0.25, -0.2) is 4.79 Å². The van der Waals surface area contributed by atoms with Crippen molar-refractivity contribution in [2.75, 3.05) is 7.11 Å². The Bertz CT molecular complexity index is 708. The Kier molecular flexibility index (Phi) is 6.96. The highest BCUT2D eigenvalue weighted by molar-refractivity contribution is 5.97. The monoisotopic (exact) mass is 337 g/mol. The van der Waals surface area contributed by atoms with Crippen molar-refractivity contribution < 1.29 is 14.3 Å². The predicted octanol–water partition coefficient (Wildman–Crippen LogP) is 3.98.